The van der Waals surface area contributed by atoms with E-state index in [0.717, 1.165) is 38.3 Å². The second-order valence-corrected chi connectivity index (χ2v) is 6.06. The van der Waals surface area contributed by atoms with E-state index >= 15 is 0 Å². The van der Waals surface area contributed by atoms with Crippen molar-refractivity contribution in [2.24, 2.45) is 0 Å². The van der Waals surface area contributed by atoms with Gasteiger partial charge in [0.15, 0.2) is 5.13 Å². The number of rotatable bonds is 4. The highest BCUT2D eigenvalue weighted by molar-refractivity contribution is 7.22. The van der Waals surface area contributed by atoms with Gasteiger partial charge in [-0.2, -0.15) is 0 Å². The maximum Gasteiger partial charge on any atom is 0.184 e. The lowest BCUT2D eigenvalue weighted by atomic mass is 10.3. The topological polar surface area (TPSA) is 47.0 Å². The SMILES string of the molecule is COc1ccc2nc(NCc3nc(C)cs3)sc2c1. The maximum atomic E-state index is 5.21. The van der Waals surface area contributed by atoms with Crippen molar-refractivity contribution in [1.29, 1.82) is 0 Å². The van der Waals surface area contributed by atoms with E-state index in [9.17, 15) is 0 Å². The van der Waals surface area contributed by atoms with E-state index < -0.39 is 0 Å². The first-order chi connectivity index (χ1) is 9.24. The molecule has 1 aromatic carbocycles. The Hall–Kier alpha value is -1.66. The summed E-state index contributed by atoms with van der Waals surface area (Å²) in [5, 5.41) is 7.36. The van der Waals surface area contributed by atoms with Gasteiger partial charge in [-0.25, -0.2) is 9.97 Å². The molecule has 0 radical (unpaired) electrons. The largest absolute Gasteiger partial charge is 0.497 e. The van der Waals surface area contributed by atoms with E-state index in [1.165, 1.54) is 0 Å². The molecule has 3 rings (SSSR count). The van der Waals surface area contributed by atoms with Gasteiger partial charge in [0.25, 0.3) is 0 Å². The molecule has 0 aliphatic rings. The highest BCUT2D eigenvalue weighted by Gasteiger charge is 2.05. The van der Waals surface area contributed by atoms with Crippen LogP contribution in [-0.2, 0) is 6.54 Å². The van der Waals surface area contributed by atoms with Crippen LogP contribution in [-0.4, -0.2) is 17.1 Å². The van der Waals surface area contributed by atoms with Gasteiger partial charge in [0.1, 0.15) is 10.8 Å². The molecule has 0 aliphatic carbocycles. The number of methoxy groups -OCH3 is 1. The summed E-state index contributed by atoms with van der Waals surface area (Å²) in [6, 6.07) is 5.91. The first-order valence-electron chi connectivity index (χ1n) is 5.84. The van der Waals surface area contributed by atoms with Crippen molar-refractivity contribution in [2.75, 3.05) is 12.4 Å². The van der Waals surface area contributed by atoms with Crippen LogP contribution in [0.15, 0.2) is 23.6 Å². The number of benzene rings is 1. The second kappa shape index (κ2) is 5.14. The smallest absolute Gasteiger partial charge is 0.184 e. The van der Waals surface area contributed by atoms with Crippen LogP contribution in [0.1, 0.15) is 10.7 Å². The van der Waals surface area contributed by atoms with Crippen LogP contribution < -0.4 is 10.1 Å². The van der Waals surface area contributed by atoms with Crippen molar-refractivity contribution in [3.05, 3.63) is 34.3 Å². The summed E-state index contributed by atoms with van der Waals surface area (Å²) in [4.78, 5) is 8.96. The van der Waals surface area contributed by atoms with Crippen LogP contribution in [0.5, 0.6) is 5.75 Å². The van der Waals surface area contributed by atoms with Crippen LogP contribution in [0.2, 0.25) is 0 Å². The second-order valence-electron chi connectivity index (χ2n) is 4.09. The quantitative estimate of drug-likeness (QED) is 0.796. The van der Waals surface area contributed by atoms with Crippen molar-refractivity contribution < 1.29 is 4.74 Å². The molecule has 0 spiro atoms. The van der Waals surface area contributed by atoms with E-state index in [0.29, 0.717) is 0 Å². The highest BCUT2D eigenvalue weighted by Crippen LogP contribution is 2.29. The number of thiazole rings is 2. The Balaban J connectivity index is 1.77. The predicted molar refractivity (Wildman–Crippen MR) is 80.3 cm³/mol. The molecular formula is C13H13N3OS2. The fourth-order valence-electron chi connectivity index (χ4n) is 1.74. The van der Waals surface area contributed by atoms with Crippen molar-refractivity contribution in [2.45, 2.75) is 13.5 Å². The lowest BCUT2D eigenvalue weighted by molar-refractivity contribution is 0.415. The summed E-state index contributed by atoms with van der Waals surface area (Å²) in [6.07, 6.45) is 0. The number of nitrogens with one attached hydrogen (secondary N) is 1. The van der Waals surface area contributed by atoms with Gasteiger partial charge in [-0.1, -0.05) is 11.3 Å². The summed E-state index contributed by atoms with van der Waals surface area (Å²) in [5.74, 6) is 0.859. The number of nitrogens with zero attached hydrogens (tertiary/aromatic N) is 2. The van der Waals surface area contributed by atoms with Crippen molar-refractivity contribution in [1.82, 2.24) is 9.97 Å². The van der Waals surface area contributed by atoms with Crippen LogP contribution in [0.4, 0.5) is 5.13 Å². The Kier molecular flexibility index (Phi) is 3.35. The average molecular weight is 291 g/mol. The summed E-state index contributed by atoms with van der Waals surface area (Å²) in [7, 11) is 1.67. The summed E-state index contributed by atoms with van der Waals surface area (Å²) in [6.45, 7) is 2.72. The van der Waals surface area contributed by atoms with Crippen molar-refractivity contribution >= 4 is 38.0 Å². The van der Waals surface area contributed by atoms with Crippen LogP contribution in [0, 0.1) is 6.92 Å². The Morgan fingerprint density at radius 2 is 2.21 bits per heavy atom. The number of aromatic nitrogens is 2. The lowest BCUT2D eigenvalue weighted by Gasteiger charge is -1.97. The van der Waals surface area contributed by atoms with Gasteiger partial charge in [0.05, 0.1) is 23.9 Å². The Bertz CT molecular complexity index is 705. The summed E-state index contributed by atoms with van der Waals surface area (Å²) in [5.41, 5.74) is 2.06. The zero-order valence-electron chi connectivity index (χ0n) is 10.6. The lowest BCUT2D eigenvalue weighted by Crippen LogP contribution is -1.98. The third-order valence-corrected chi connectivity index (χ3v) is 4.60. The molecule has 0 unspecified atom stereocenters. The zero-order valence-corrected chi connectivity index (χ0v) is 12.3. The van der Waals surface area contributed by atoms with Gasteiger partial charge < -0.3 is 10.1 Å². The molecule has 0 atom stereocenters. The monoisotopic (exact) mass is 291 g/mol. The van der Waals surface area contributed by atoms with Crippen molar-refractivity contribution in [3.63, 3.8) is 0 Å². The van der Waals surface area contributed by atoms with Gasteiger partial charge in [-0.05, 0) is 25.1 Å². The summed E-state index contributed by atoms with van der Waals surface area (Å²) >= 11 is 3.29. The minimum atomic E-state index is 0.718. The predicted octanol–water partition coefficient (Wildman–Crippen LogP) is 3.68. The van der Waals surface area contributed by atoms with Crippen molar-refractivity contribution in [3.8, 4) is 5.75 Å². The third kappa shape index (κ3) is 2.69. The molecule has 19 heavy (non-hydrogen) atoms. The van der Waals surface area contributed by atoms with Gasteiger partial charge in [-0.3, -0.25) is 0 Å². The first kappa shape index (κ1) is 12.4. The van der Waals surface area contributed by atoms with Crippen LogP contribution in [0.3, 0.4) is 0 Å². The number of fused-ring (bicyclic) bond motifs is 1. The normalized spacial score (nSPS) is 10.8. The Labute approximate surface area is 119 Å². The van der Waals surface area contributed by atoms with Crippen LogP contribution >= 0.6 is 22.7 Å². The molecule has 98 valence electrons. The summed E-state index contributed by atoms with van der Waals surface area (Å²) < 4.78 is 6.34. The third-order valence-electron chi connectivity index (χ3n) is 2.65. The molecule has 0 fully saturated rings. The molecule has 0 saturated carbocycles. The average Bonchev–Trinajstić information content (AvgIpc) is 3.01. The van der Waals surface area contributed by atoms with Gasteiger partial charge in [-0.15, -0.1) is 11.3 Å². The van der Waals surface area contributed by atoms with E-state index in [-0.39, 0.29) is 0 Å². The highest BCUT2D eigenvalue weighted by atomic mass is 32.1. The Morgan fingerprint density at radius 1 is 1.32 bits per heavy atom. The van der Waals surface area contributed by atoms with Gasteiger partial charge in [0.2, 0.25) is 0 Å². The molecule has 0 bridgehead atoms. The van der Waals surface area contributed by atoms with Gasteiger partial charge in [0, 0.05) is 11.1 Å². The number of anilines is 1. The zero-order chi connectivity index (χ0) is 13.2. The van der Waals surface area contributed by atoms with E-state index in [4.69, 9.17) is 4.74 Å². The maximum absolute atomic E-state index is 5.21. The molecular weight excluding hydrogens is 278 g/mol. The van der Waals surface area contributed by atoms with E-state index in [1.807, 2.05) is 25.1 Å². The molecule has 4 nitrogen and oxygen atoms in total. The minimum Gasteiger partial charge on any atom is -0.497 e. The molecule has 3 aromatic rings. The molecule has 1 N–H and O–H groups in total. The minimum absolute atomic E-state index is 0.718. The van der Waals surface area contributed by atoms with Crippen LogP contribution in [0.25, 0.3) is 10.2 Å². The standard InChI is InChI=1S/C13H13N3OS2/c1-8-7-18-12(15-8)6-14-13-16-10-4-3-9(17-2)5-11(10)19-13/h3-5,7H,6H2,1-2H3,(H,14,16). The Morgan fingerprint density at radius 3 is 2.95 bits per heavy atom. The van der Waals surface area contributed by atoms with E-state index in [1.54, 1.807) is 29.8 Å². The fourth-order valence-corrected chi connectivity index (χ4v) is 3.34. The number of hydrogen-bond acceptors (Lipinski definition) is 6. The number of hydrogen-bond donors (Lipinski definition) is 1. The van der Waals surface area contributed by atoms with E-state index in [2.05, 4.69) is 20.7 Å². The van der Waals surface area contributed by atoms with Gasteiger partial charge >= 0.3 is 0 Å². The molecule has 2 aromatic heterocycles. The molecule has 0 aliphatic heterocycles. The molecule has 6 heteroatoms. The molecule has 2 heterocycles. The fraction of sp³-hybridized carbons (Fsp3) is 0.231. The molecule has 0 saturated heterocycles. The number of aryl methyl sites for hydroxylation is 1. The molecule has 0 amide bonds. The number of ether oxygens (including phenoxy) is 1. The first-order valence-corrected chi connectivity index (χ1v) is 7.53.